The number of rotatable bonds is 4. The minimum absolute atomic E-state index is 0.0516. The van der Waals surface area contributed by atoms with E-state index in [1.165, 1.54) is 19.2 Å². The van der Waals surface area contributed by atoms with Crippen LogP contribution >= 0.6 is 11.6 Å². The van der Waals surface area contributed by atoms with Crippen LogP contribution in [0.2, 0.25) is 5.28 Å². The lowest BCUT2D eigenvalue weighted by atomic mass is 10.2. The number of nitro benzene ring substituents is 1. The Morgan fingerprint density at radius 3 is 2.70 bits per heavy atom. The minimum atomic E-state index is -0.488. The topological polar surface area (TPSA) is 90.2 Å². The third kappa shape index (κ3) is 3.12. The Morgan fingerprint density at radius 1 is 1.35 bits per heavy atom. The highest BCUT2D eigenvalue weighted by Crippen LogP contribution is 2.31. The van der Waals surface area contributed by atoms with Crippen LogP contribution in [0.5, 0.6) is 5.75 Å². The number of nitrogens with zero attached hydrogens (tertiary/aromatic N) is 3. The number of non-ortho nitro benzene ring substituents is 1. The molecule has 0 atom stereocenters. The van der Waals surface area contributed by atoms with Crippen LogP contribution in [-0.2, 0) is 0 Å². The maximum absolute atomic E-state index is 10.7. The van der Waals surface area contributed by atoms with Gasteiger partial charge in [0.05, 0.1) is 23.8 Å². The first-order valence-corrected chi connectivity index (χ1v) is 5.98. The van der Waals surface area contributed by atoms with Crippen molar-refractivity contribution in [1.29, 1.82) is 0 Å². The summed E-state index contributed by atoms with van der Waals surface area (Å²) in [5.41, 5.74) is 1.20. The van der Waals surface area contributed by atoms with Crippen molar-refractivity contribution in [2.75, 3.05) is 12.4 Å². The molecule has 0 unspecified atom stereocenters. The fraction of sp³-hybridized carbons (Fsp3) is 0.167. The predicted octanol–water partition coefficient (Wildman–Crippen LogP) is 3.10. The number of anilines is 2. The monoisotopic (exact) mass is 294 g/mol. The molecule has 0 aliphatic rings. The lowest BCUT2D eigenvalue weighted by Gasteiger charge is -2.10. The van der Waals surface area contributed by atoms with E-state index in [9.17, 15) is 10.1 Å². The predicted molar refractivity (Wildman–Crippen MR) is 74.7 cm³/mol. The molecule has 0 amide bonds. The quantitative estimate of drug-likeness (QED) is 0.529. The summed E-state index contributed by atoms with van der Waals surface area (Å²) in [6.07, 6.45) is 0. The van der Waals surface area contributed by atoms with Gasteiger partial charge in [-0.1, -0.05) is 0 Å². The molecule has 0 radical (unpaired) electrons. The molecule has 0 saturated heterocycles. The summed E-state index contributed by atoms with van der Waals surface area (Å²) < 4.78 is 5.13. The van der Waals surface area contributed by atoms with Gasteiger partial charge in [-0.3, -0.25) is 10.1 Å². The van der Waals surface area contributed by atoms with Crippen LogP contribution in [0, 0.1) is 17.0 Å². The first-order chi connectivity index (χ1) is 9.49. The molecule has 0 fully saturated rings. The normalized spacial score (nSPS) is 10.2. The van der Waals surface area contributed by atoms with Gasteiger partial charge in [0.15, 0.2) is 0 Å². The van der Waals surface area contributed by atoms with Crippen molar-refractivity contribution in [2.24, 2.45) is 0 Å². The molecule has 1 heterocycles. The van der Waals surface area contributed by atoms with Gasteiger partial charge >= 0.3 is 0 Å². The Morgan fingerprint density at radius 2 is 2.10 bits per heavy atom. The lowest BCUT2D eigenvalue weighted by molar-refractivity contribution is -0.384. The number of ether oxygens (including phenoxy) is 1. The summed E-state index contributed by atoms with van der Waals surface area (Å²) in [4.78, 5) is 18.2. The van der Waals surface area contributed by atoms with E-state index in [1.807, 2.05) is 0 Å². The molecule has 0 aliphatic heterocycles. The van der Waals surface area contributed by atoms with E-state index in [4.69, 9.17) is 16.3 Å². The fourth-order valence-electron chi connectivity index (χ4n) is 1.63. The smallest absolute Gasteiger partial charge is 0.273 e. The number of aromatic nitrogens is 2. The molecule has 8 heteroatoms. The van der Waals surface area contributed by atoms with Crippen molar-refractivity contribution in [3.63, 3.8) is 0 Å². The zero-order chi connectivity index (χ0) is 14.7. The molecule has 0 aliphatic carbocycles. The summed E-state index contributed by atoms with van der Waals surface area (Å²) >= 11 is 5.77. The van der Waals surface area contributed by atoms with Crippen LogP contribution in [0.15, 0.2) is 24.3 Å². The molecule has 7 nitrogen and oxygen atoms in total. The van der Waals surface area contributed by atoms with Gasteiger partial charge in [-0.2, -0.15) is 0 Å². The maximum Gasteiger partial charge on any atom is 0.273 e. The Bertz CT molecular complexity index is 643. The molecule has 2 rings (SSSR count). The second-order valence-corrected chi connectivity index (χ2v) is 4.27. The first kappa shape index (κ1) is 14.0. The van der Waals surface area contributed by atoms with Crippen molar-refractivity contribution in [3.8, 4) is 5.75 Å². The van der Waals surface area contributed by atoms with Crippen LogP contribution in [0.1, 0.15) is 5.69 Å². The zero-order valence-corrected chi connectivity index (χ0v) is 11.5. The molecule has 104 valence electrons. The number of benzene rings is 1. The van der Waals surface area contributed by atoms with Crippen LogP contribution in [-0.4, -0.2) is 22.0 Å². The van der Waals surface area contributed by atoms with E-state index in [0.29, 0.717) is 22.9 Å². The lowest BCUT2D eigenvalue weighted by Crippen LogP contribution is -1.99. The van der Waals surface area contributed by atoms with Crippen molar-refractivity contribution >= 4 is 28.8 Å². The third-order valence-corrected chi connectivity index (χ3v) is 2.65. The molecular weight excluding hydrogens is 284 g/mol. The van der Waals surface area contributed by atoms with Crippen LogP contribution in [0.3, 0.4) is 0 Å². The van der Waals surface area contributed by atoms with E-state index >= 15 is 0 Å². The number of halogens is 1. The average Bonchev–Trinajstić information content (AvgIpc) is 2.37. The highest BCUT2D eigenvalue weighted by Gasteiger charge is 2.12. The van der Waals surface area contributed by atoms with Crippen LogP contribution < -0.4 is 10.1 Å². The average molecular weight is 295 g/mol. The summed E-state index contributed by atoms with van der Waals surface area (Å²) in [6.45, 7) is 1.78. The Balaban J connectivity index is 2.35. The molecule has 2 aromatic rings. The van der Waals surface area contributed by atoms with Gasteiger partial charge < -0.3 is 10.1 Å². The Hall–Kier alpha value is -2.41. The largest absolute Gasteiger partial charge is 0.494 e. The van der Waals surface area contributed by atoms with E-state index in [2.05, 4.69) is 15.3 Å². The molecule has 1 N–H and O–H groups in total. The number of hydrogen-bond donors (Lipinski definition) is 1. The molecule has 1 aromatic heterocycles. The van der Waals surface area contributed by atoms with Gasteiger partial charge in [0, 0.05) is 17.8 Å². The highest BCUT2D eigenvalue weighted by atomic mass is 35.5. The minimum Gasteiger partial charge on any atom is -0.494 e. The highest BCUT2D eigenvalue weighted by molar-refractivity contribution is 6.28. The number of nitrogens with one attached hydrogen (secondary N) is 1. The summed E-state index contributed by atoms with van der Waals surface area (Å²) in [7, 11) is 1.43. The summed E-state index contributed by atoms with van der Waals surface area (Å²) in [6, 6.07) is 5.95. The second-order valence-electron chi connectivity index (χ2n) is 3.93. The molecule has 0 spiro atoms. The number of nitro groups is 1. The van der Waals surface area contributed by atoms with E-state index in [-0.39, 0.29) is 11.0 Å². The van der Waals surface area contributed by atoms with Crippen LogP contribution in [0.25, 0.3) is 0 Å². The van der Waals surface area contributed by atoms with E-state index in [0.717, 1.165) is 0 Å². The number of methoxy groups -OCH3 is 1. The standard InChI is InChI=1S/C12H11ClN4O3/c1-7-5-11(16-12(13)14-7)15-9-4-3-8(17(18)19)6-10(9)20-2/h3-6H,1-2H3,(H,14,15,16). The van der Waals surface area contributed by atoms with Crippen molar-refractivity contribution in [1.82, 2.24) is 9.97 Å². The number of hydrogen-bond acceptors (Lipinski definition) is 6. The van der Waals surface area contributed by atoms with Gasteiger partial charge in [-0.15, -0.1) is 0 Å². The second kappa shape index (κ2) is 5.70. The molecule has 0 bridgehead atoms. The SMILES string of the molecule is COc1cc([N+](=O)[O-])ccc1Nc1cc(C)nc(Cl)n1. The van der Waals surface area contributed by atoms with Crippen molar-refractivity contribution in [2.45, 2.75) is 6.92 Å². The van der Waals surface area contributed by atoms with Gasteiger partial charge in [-0.05, 0) is 24.6 Å². The fourth-order valence-corrected chi connectivity index (χ4v) is 1.86. The zero-order valence-electron chi connectivity index (χ0n) is 10.8. The maximum atomic E-state index is 10.7. The van der Waals surface area contributed by atoms with E-state index in [1.54, 1.807) is 19.1 Å². The Labute approximate surface area is 119 Å². The molecule has 1 aromatic carbocycles. The summed E-state index contributed by atoms with van der Waals surface area (Å²) in [5.74, 6) is 0.821. The van der Waals surface area contributed by atoms with Crippen molar-refractivity contribution in [3.05, 3.63) is 45.4 Å². The molecular formula is C12H11ClN4O3. The van der Waals surface area contributed by atoms with Gasteiger partial charge in [0.1, 0.15) is 11.6 Å². The molecule has 20 heavy (non-hydrogen) atoms. The van der Waals surface area contributed by atoms with Gasteiger partial charge in [0.25, 0.3) is 5.69 Å². The van der Waals surface area contributed by atoms with E-state index < -0.39 is 4.92 Å². The first-order valence-electron chi connectivity index (χ1n) is 5.60. The third-order valence-electron chi connectivity index (χ3n) is 2.49. The van der Waals surface area contributed by atoms with Crippen molar-refractivity contribution < 1.29 is 9.66 Å². The van der Waals surface area contributed by atoms with Crippen LogP contribution in [0.4, 0.5) is 17.2 Å². The van der Waals surface area contributed by atoms with Gasteiger partial charge in [-0.25, -0.2) is 9.97 Å². The Kier molecular flexibility index (Phi) is 3.99. The summed E-state index contributed by atoms with van der Waals surface area (Å²) in [5, 5.41) is 13.8. The number of aryl methyl sites for hydroxylation is 1. The van der Waals surface area contributed by atoms with Gasteiger partial charge in [0.2, 0.25) is 5.28 Å². The molecule has 0 saturated carbocycles.